The molecule has 21 heavy (non-hydrogen) atoms. The van der Waals surface area contributed by atoms with Crippen LogP contribution in [0.4, 0.5) is 4.39 Å². The van der Waals surface area contributed by atoms with Gasteiger partial charge in [0.1, 0.15) is 5.82 Å². The van der Waals surface area contributed by atoms with Crippen molar-refractivity contribution < 1.29 is 13.9 Å². The molecule has 1 aliphatic rings. The van der Waals surface area contributed by atoms with Crippen molar-refractivity contribution in [3.63, 3.8) is 0 Å². The molecular weight excluding hydrogens is 273 g/mol. The lowest BCUT2D eigenvalue weighted by Gasteiger charge is -2.20. The average molecular weight is 297 g/mol. The summed E-state index contributed by atoms with van der Waals surface area (Å²) >= 11 is 0. The van der Waals surface area contributed by atoms with Gasteiger partial charge >= 0.3 is 0 Å². The Kier molecular flexibility index (Phi) is 6.05. The Labute approximate surface area is 125 Å². The molecule has 1 aliphatic heterocycles. The molecular formula is C15H24FN3O2. The maximum absolute atomic E-state index is 12.9. The van der Waals surface area contributed by atoms with Crippen molar-refractivity contribution in [2.75, 3.05) is 40.9 Å². The number of hydrogen-bond acceptors (Lipinski definition) is 5. The fourth-order valence-corrected chi connectivity index (χ4v) is 2.80. The number of ether oxygens (including phenoxy) is 2. The van der Waals surface area contributed by atoms with E-state index >= 15 is 0 Å². The molecule has 0 aliphatic carbocycles. The second kappa shape index (κ2) is 7.79. The van der Waals surface area contributed by atoms with Crippen LogP contribution in [0.3, 0.4) is 0 Å². The number of rotatable bonds is 7. The molecule has 1 aromatic rings. The predicted molar refractivity (Wildman–Crippen MR) is 78.6 cm³/mol. The van der Waals surface area contributed by atoms with Crippen LogP contribution in [-0.4, -0.2) is 63.0 Å². The summed E-state index contributed by atoms with van der Waals surface area (Å²) in [5.74, 6) is -0.306. The van der Waals surface area contributed by atoms with Gasteiger partial charge in [0.05, 0.1) is 30.1 Å². The number of aromatic nitrogens is 1. The van der Waals surface area contributed by atoms with Gasteiger partial charge in [-0.15, -0.1) is 0 Å². The van der Waals surface area contributed by atoms with Gasteiger partial charge in [0.2, 0.25) is 0 Å². The van der Waals surface area contributed by atoms with Crippen LogP contribution in [0.15, 0.2) is 18.3 Å². The molecule has 0 saturated carbocycles. The number of halogens is 1. The van der Waals surface area contributed by atoms with Crippen LogP contribution in [0.5, 0.6) is 0 Å². The standard InChI is InChI=1S/C15H24FN3O2/c1-17-12(13-5-4-11(16)8-18-13)6-7-19-9-14(20-2)15(10-19)21-3/h4-5,8,12,14-15,17H,6-7,9-10H2,1-3H3. The van der Waals surface area contributed by atoms with Gasteiger partial charge in [-0.1, -0.05) is 0 Å². The third-order valence-corrected chi connectivity index (χ3v) is 4.09. The number of nitrogens with zero attached hydrogens (tertiary/aromatic N) is 2. The number of nitrogens with one attached hydrogen (secondary N) is 1. The van der Waals surface area contributed by atoms with Gasteiger partial charge in [0.15, 0.2) is 0 Å². The first kappa shape index (κ1) is 16.3. The van der Waals surface area contributed by atoms with Crippen molar-refractivity contribution in [1.82, 2.24) is 15.2 Å². The third-order valence-electron chi connectivity index (χ3n) is 4.09. The van der Waals surface area contributed by atoms with Crippen molar-refractivity contribution in [3.8, 4) is 0 Å². The topological polar surface area (TPSA) is 46.6 Å². The largest absolute Gasteiger partial charge is 0.377 e. The number of hydrogen-bond donors (Lipinski definition) is 1. The highest BCUT2D eigenvalue weighted by Crippen LogP contribution is 2.19. The first-order valence-corrected chi connectivity index (χ1v) is 7.24. The van der Waals surface area contributed by atoms with Gasteiger partial charge in [-0.3, -0.25) is 9.88 Å². The molecule has 2 heterocycles. The lowest BCUT2D eigenvalue weighted by Crippen LogP contribution is -2.28. The average Bonchev–Trinajstić information content (AvgIpc) is 2.92. The van der Waals surface area contributed by atoms with Crippen molar-refractivity contribution in [2.24, 2.45) is 0 Å². The van der Waals surface area contributed by atoms with Crippen LogP contribution < -0.4 is 5.32 Å². The third kappa shape index (κ3) is 4.20. The second-order valence-electron chi connectivity index (χ2n) is 5.34. The first-order valence-electron chi connectivity index (χ1n) is 7.24. The highest BCUT2D eigenvalue weighted by atomic mass is 19.1. The maximum Gasteiger partial charge on any atom is 0.141 e. The molecule has 0 radical (unpaired) electrons. The molecule has 3 unspecified atom stereocenters. The fourth-order valence-electron chi connectivity index (χ4n) is 2.80. The quantitative estimate of drug-likeness (QED) is 0.820. The van der Waals surface area contributed by atoms with E-state index in [2.05, 4.69) is 15.2 Å². The van der Waals surface area contributed by atoms with Crippen LogP contribution in [0.25, 0.3) is 0 Å². The zero-order valence-electron chi connectivity index (χ0n) is 12.9. The smallest absolute Gasteiger partial charge is 0.141 e. The predicted octanol–water partition coefficient (Wildman–Crippen LogP) is 1.22. The summed E-state index contributed by atoms with van der Waals surface area (Å²) in [5.41, 5.74) is 0.865. The highest BCUT2D eigenvalue weighted by molar-refractivity contribution is 5.09. The first-order chi connectivity index (χ1) is 10.2. The molecule has 1 N–H and O–H groups in total. The SMILES string of the molecule is CNC(CCN1CC(OC)C(OC)C1)c1ccc(F)cn1. The zero-order chi connectivity index (χ0) is 15.2. The van der Waals surface area contributed by atoms with E-state index < -0.39 is 0 Å². The summed E-state index contributed by atoms with van der Waals surface area (Å²) in [7, 11) is 5.34. The Balaban J connectivity index is 1.87. The van der Waals surface area contributed by atoms with Crippen molar-refractivity contribution in [1.29, 1.82) is 0 Å². The minimum Gasteiger partial charge on any atom is -0.377 e. The van der Waals surface area contributed by atoms with Crippen molar-refractivity contribution in [3.05, 3.63) is 29.8 Å². The number of methoxy groups -OCH3 is 2. The molecule has 0 aromatic carbocycles. The Morgan fingerprint density at radius 1 is 1.33 bits per heavy atom. The summed E-state index contributed by atoms with van der Waals surface area (Å²) in [6.45, 7) is 2.68. The molecule has 2 rings (SSSR count). The van der Waals surface area contributed by atoms with E-state index in [1.54, 1.807) is 20.3 Å². The van der Waals surface area contributed by atoms with Gasteiger partial charge < -0.3 is 14.8 Å². The van der Waals surface area contributed by atoms with Gasteiger partial charge in [0.25, 0.3) is 0 Å². The fraction of sp³-hybridized carbons (Fsp3) is 0.667. The van der Waals surface area contributed by atoms with E-state index in [4.69, 9.17) is 9.47 Å². The molecule has 1 saturated heterocycles. The molecule has 3 atom stereocenters. The monoisotopic (exact) mass is 297 g/mol. The molecule has 0 bridgehead atoms. The molecule has 1 fully saturated rings. The summed E-state index contributed by atoms with van der Waals surface area (Å²) in [5, 5.41) is 3.24. The maximum atomic E-state index is 12.9. The molecule has 0 amide bonds. The van der Waals surface area contributed by atoms with Crippen molar-refractivity contribution >= 4 is 0 Å². The minimum absolute atomic E-state index is 0.119. The Bertz CT molecular complexity index is 417. The summed E-state index contributed by atoms with van der Waals surface area (Å²) in [6, 6.07) is 3.30. The second-order valence-corrected chi connectivity index (χ2v) is 5.34. The van der Waals surface area contributed by atoms with E-state index in [1.807, 2.05) is 7.05 Å². The number of likely N-dealkylation sites (tertiary alicyclic amines) is 1. The normalized spacial score (nSPS) is 24.4. The van der Waals surface area contributed by atoms with Crippen molar-refractivity contribution in [2.45, 2.75) is 24.7 Å². The van der Waals surface area contributed by atoms with Crippen LogP contribution in [0.2, 0.25) is 0 Å². The Morgan fingerprint density at radius 3 is 2.48 bits per heavy atom. The molecule has 118 valence electrons. The highest BCUT2D eigenvalue weighted by Gasteiger charge is 2.32. The lowest BCUT2D eigenvalue weighted by molar-refractivity contribution is -0.00461. The molecule has 5 nitrogen and oxygen atoms in total. The van der Waals surface area contributed by atoms with E-state index in [0.29, 0.717) is 0 Å². The van der Waals surface area contributed by atoms with E-state index in [9.17, 15) is 4.39 Å². The molecule has 1 aromatic heterocycles. The van der Waals surface area contributed by atoms with E-state index in [-0.39, 0.29) is 24.1 Å². The van der Waals surface area contributed by atoms with Gasteiger partial charge in [-0.25, -0.2) is 4.39 Å². The summed E-state index contributed by atoms with van der Waals surface area (Å²) in [4.78, 5) is 6.48. The zero-order valence-corrected chi connectivity index (χ0v) is 12.9. The van der Waals surface area contributed by atoms with Crippen LogP contribution in [0, 0.1) is 5.82 Å². The van der Waals surface area contributed by atoms with Crippen LogP contribution in [0.1, 0.15) is 18.2 Å². The summed E-state index contributed by atoms with van der Waals surface area (Å²) < 4.78 is 23.8. The van der Waals surface area contributed by atoms with Gasteiger partial charge in [0, 0.05) is 33.9 Å². The Morgan fingerprint density at radius 2 is 2.00 bits per heavy atom. The number of pyridine rings is 1. The minimum atomic E-state index is -0.306. The molecule has 6 heteroatoms. The van der Waals surface area contributed by atoms with Gasteiger partial charge in [-0.05, 0) is 25.6 Å². The van der Waals surface area contributed by atoms with E-state index in [1.165, 1.54) is 12.3 Å². The van der Waals surface area contributed by atoms with E-state index in [0.717, 1.165) is 31.7 Å². The van der Waals surface area contributed by atoms with Crippen LogP contribution in [-0.2, 0) is 9.47 Å². The lowest BCUT2D eigenvalue weighted by atomic mass is 10.1. The Hall–Kier alpha value is -1.08. The molecule has 0 spiro atoms. The van der Waals surface area contributed by atoms with Crippen LogP contribution >= 0.6 is 0 Å². The van der Waals surface area contributed by atoms with Gasteiger partial charge in [-0.2, -0.15) is 0 Å². The summed E-state index contributed by atoms with van der Waals surface area (Å²) in [6.07, 6.45) is 2.43.